The molecule has 0 spiro atoms. The Morgan fingerprint density at radius 2 is 2.06 bits per heavy atom. The number of thioether (sulfide) groups is 1. The van der Waals surface area contributed by atoms with Gasteiger partial charge in [0.1, 0.15) is 0 Å². The van der Waals surface area contributed by atoms with E-state index in [0.29, 0.717) is 6.54 Å². The van der Waals surface area contributed by atoms with Crippen molar-refractivity contribution < 1.29 is 0 Å². The second kappa shape index (κ2) is 5.62. The maximum absolute atomic E-state index is 5.82. The van der Waals surface area contributed by atoms with E-state index in [-0.39, 0.29) is 5.25 Å². The highest BCUT2D eigenvalue weighted by atomic mass is 32.2. The molecule has 2 N–H and O–H groups in total. The van der Waals surface area contributed by atoms with Gasteiger partial charge in [-0.25, -0.2) is 9.97 Å². The molecule has 0 aromatic carbocycles. The number of rotatable bonds is 4. The smallest absolute Gasteiger partial charge is 0.188 e. The Hall–Kier alpha value is -0.910. The van der Waals surface area contributed by atoms with Gasteiger partial charge in [0, 0.05) is 22.8 Å². The Morgan fingerprint density at radius 3 is 2.59 bits per heavy atom. The van der Waals surface area contributed by atoms with E-state index in [1.54, 1.807) is 23.1 Å². The van der Waals surface area contributed by atoms with E-state index >= 15 is 0 Å². The molecular formula is C12H15N3S2. The Morgan fingerprint density at radius 1 is 1.35 bits per heavy atom. The van der Waals surface area contributed by atoms with E-state index in [1.165, 1.54) is 4.88 Å². The zero-order valence-electron chi connectivity index (χ0n) is 9.88. The topological polar surface area (TPSA) is 51.8 Å². The number of thiophene rings is 1. The molecule has 0 aliphatic heterocycles. The van der Waals surface area contributed by atoms with E-state index in [2.05, 4.69) is 21.4 Å². The maximum Gasteiger partial charge on any atom is 0.188 e. The quantitative estimate of drug-likeness (QED) is 0.682. The van der Waals surface area contributed by atoms with Crippen LogP contribution in [-0.4, -0.2) is 16.5 Å². The van der Waals surface area contributed by atoms with Crippen LogP contribution in [0.3, 0.4) is 0 Å². The minimum atomic E-state index is 0.246. The van der Waals surface area contributed by atoms with Gasteiger partial charge in [0.05, 0.1) is 5.25 Å². The molecule has 2 aromatic heterocycles. The van der Waals surface area contributed by atoms with Crippen molar-refractivity contribution in [3.63, 3.8) is 0 Å². The number of aromatic nitrogens is 2. The number of hydrogen-bond acceptors (Lipinski definition) is 5. The van der Waals surface area contributed by atoms with Gasteiger partial charge in [0.25, 0.3) is 0 Å². The average molecular weight is 265 g/mol. The first-order valence-corrected chi connectivity index (χ1v) is 7.17. The standard InChI is InChI=1S/C12H15N3S2/c1-8-6-9(2)15-12(14-8)17-11(7-13)10-4-3-5-16-10/h3-6,11H,7,13H2,1-2H3. The van der Waals surface area contributed by atoms with E-state index in [4.69, 9.17) is 5.73 Å². The predicted molar refractivity (Wildman–Crippen MR) is 73.5 cm³/mol. The minimum absolute atomic E-state index is 0.246. The summed E-state index contributed by atoms with van der Waals surface area (Å²) in [6, 6.07) is 6.13. The van der Waals surface area contributed by atoms with Gasteiger partial charge >= 0.3 is 0 Å². The van der Waals surface area contributed by atoms with Crippen molar-refractivity contribution in [2.24, 2.45) is 5.73 Å². The van der Waals surface area contributed by atoms with Crippen molar-refractivity contribution in [2.75, 3.05) is 6.54 Å². The molecule has 0 saturated carbocycles. The lowest BCUT2D eigenvalue weighted by atomic mass is 10.3. The van der Waals surface area contributed by atoms with Gasteiger partial charge in [0.15, 0.2) is 5.16 Å². The van der Waals surface area contributed by atoms with Crippen LogP contribution >= 0.6 is 23.1 Å². The van der Waals surface area contributed by atoms with Crippen LogP contribution in [-0.2, 0) is 0 Å². The summed E-state index contributed by atoms with van der Waals surface area (Å²) in [5.41, 5.74) is 7.82. The molecule has 0 radical (unpaired) electrons. The van der Waals surface area contributed by atoms with Crippen molar-refractivity contribution in [2.45, 2.75) is 24.3 Å². The molecule has 1 unspecified atom stereocenters. The van der Waals surface area contributed by atoms with Crippen molar-refractivity contribution >= 4 is 23.1 Å². The Kier molecular flexibility index (Phi) is 4.15. The molecule has 0 aliphatic rings. The monoisotopic (exact) mass is 265 g/mol. The summed E-state index contributed by atoms with van der Waals surface area (Å²) in [7, 11) is 0. The summed E-state index contributed by atoms with van der Waals surface area (Å²) in [4.78, 5) is 10.1. The summed E-state index contributed by atoms with van der Waals surface area (Å²) in [6.45, 7) is 4.57. The third kappa shape index (κ3) is 3.28. The van der Waals surface area contributed by atoms with Gasteiger partial charge in [-0.05, 0) is 31.4 Å². The van der Waals surface area contributed by atoms with Crippen LogP contribution in [0.5, 0.6) is 0 Å². The molecule has 0 amide bonds. The zero-order chi connectivity index (χ0) is 12.3. The molecule has 0 fully saturated rings. The Bertz CT molecular complexity index is 462. The Labute approximate surface area is 109 Å². The lowest BCUT2D eigenvalue weighted by Crippen LogP contribution is -2.09. The van der Waals surface area contributed by atoms with Crippen molar-refractivity contribution in [3.8, 4) is 0 Å². The van der Waals surface area contributed by atoms with E-state index in [1.807, 2.05) is 26.0 Å². The summed E-state index contributed by atoms with van der Waals surface area (Å²) in [5.74, 6) is 0. The fourth-order valence-electron chi connectivity index (χ4n) is 1.57. The van der Waals surface area contributed by atoms with Gasteiger partial charge in [0.2, 0.25) is 0 Å². The molecule has 2 aromatic rings. The number of aryl methyl sites for hydroxylation is 2. The van der Waals surface area contributed by atoms with Gasteiger partial charge in [-0.1, -0.05) is 17.8 Å². The van der Waals surface area contributed by atoms with Crippen LogP contribution in [0, 0.1) is 13.8 Å². The summed E-state index contributed by atoms with van der Waals surface area (Å²) in [6.07, 6.45) is 0. The SMILES string of the molecule is Cc1cc(C)nc(SC(CN)c2cccs2)n1. The molecule has 0 saturated heterocycles. The van der Waals surface area contributed by atoms with Gasteiger partial charge < -0.3 is 5.73 Å². The number of nitrogens with two attached hydrogens (primary N) is 1. The van der Waals surface area contributed by atoms with Crippen molar-refractivity contribution in [1.82, 2.24) is 9.97 Å². The van der Waals surface area contributed by atoms with E-state index in [9.17, 15) is 0 Å². The van der Waals surface area contributed by atoms with Crippen LogP contribution in [0.25, 0.3) is 0 Å². The number of hydrogen-bond donors (Lipinski definition) is 1. The lowest BCUT2D eigenvalue weighted by molar-refractivity contribution is 0.882. The molecule has 5 heteroatoms. The van der Waals surface area contributed by atoms with Crippen molar-refractivity contribution in [1.29, 1.82) is 0 Å². The van der Waals surface area contributed by atoms with E-state index < -0.39 is 0 Å². The van der Waals surface area contributed by atoms with Gasteiger partial charge in [-0.3, -0.25) is 0 Å². The third-order valence-corrected chi connectivity index (χ3v) is 4.54. The first-order valence-electron chi connectivity index (χ1n) is 5.41. The fraction of sp³-hybridized carbons (Fsp3) is 0.333. The highest BCUT2D eigenvalue weighted by molar-refractivity contribution is 7.99. The third-order valence-electron chi connectivity index (χ3n) is 2.28. The molecule has 1 atom stereocenters. The summed E-state index contributed by atoms with van der Waals surface area (Å²) in [5, 5.41) is 3.13. The van der Waals surface area contributed by atoms with Gasteiger partial charge in [-0.2, -0.15) is 0 Å². The summed E-state index contributed by atoms with van der Waals surface area (Å²) >= 11 is 3.36. The largest absolute Gasteiger partial charge is 0.329 e. The Balaban J connectivity index is 2.18. The van der Waals surface area contributed by atoms with Crippen molar-refractivity contribution in [3.05, 3.63) is 39.8 Å². The minimum Gasteiger partial charge on any atom is -0.329 e. The molecule has 0 bridgehead atoms. The normalized spacial score (nSPS) is 12.6. The fourth-order valence-corrected chi connectivity index (χ4v) is 3.54. The maximum atomic E-state index is 5.82. The molecule has 90 valence electrons. The molecular weight excluding hydrogens is 250 g/mol. The number of nitrogens with zero attached hydrogens (tertiary/aromatic N) is 2. The van der Waals surface area contributed by atoms with E-state index in [0.717, 1.165) is 16.5 Å². The predicted octanol–water partition coefficient (Wildman–Crippen LogP) is 2.95. The first-order chi connectivity index (χ1) is 8.19. The highest BCUT2D eigenvalue weighted by Crippen LogP contribution is 2.34. The van der Waals surface area contributed by atoms with Crippen LogP contribution in [0.4, 0.5) is 0 Å². The van der Waals surface area contributed by atoms with Crippen LogP contribution in [0.1, 0.15) is 21.5 Å². The molecule has 2 rings (SSSR count). The van der Waals surface area contributed by atoms with Crippen LogP contribution in [0.15, 0.2) is 28.7 Å². The first kappa shape index (κ1) is 12.5. The zero-order valence-corrected chi connectivity index (χ0v) is 11.5. The van der Waals surface area contributed by atoms with Gasteiger partial charge in [-0.15, -0.1) is 11.3 Å². The molecule has 2 heterocycles. The second-order valence-electron chi connectivity index (χ2n) is 3.79. The highest BCUT2D eigenvalue weighted by Gasteiger charge is 2.14. The lowest BCUT2D eigenvalue weighted by Gasteiger charge is -2.11. The molecule has 3 nitrogen and oxygen atoms in total. The second-order valence-corrected chi connectivity index (χ2v) is 5.94. The summed E-state index contributed by atoms with van der Waals surface area (Å²) < 4.78 is 0. The molecule has 17 heavy (non-hydrogen) atoms. The average Bonchev–Trinajstić information content (AvgIpc) is 2.77. The van der Waals surface area contributed by atoms with Crippen LogP contribution in [0.2, 0.25) is 0 Å². The van der Waals surface area contributed by atoms with Crippen LogP contribution < -0.4 is 5.73 Å². The molecule has 0 aliphatic carbocycles.